The smallest absolute Gasteiger partial charge is 0.145 e. The molecule has 0 fully saturated rings. The lowest BCUT2D eigenvalue weighted by atomic mass is 9.89. The standard InChI is InChI=1S/C19H18O/c1-13(14(2)12-20)11-19-17-9-5-3-7-15(17)16-8-4-6-10-18(16)19/h3-10,12,19H,11H2,1-2H3/b14-13+. The summed E-state index contributed by atoms with van der Waals surface area (Å²) < 4.78 is 0. The molecule has 1 heteroatoms. The lowest BCUT2D eigenvalue weighted by Crippen LogP contribution is -1.99. The molecule has 1 nitrogen and oxygen atoms in total. The lowest BCUT2D eigenvalue weighted by molar-refractivity contribution is -0.104. The molecular formula is C19H18O. The largest absolute Gasteiger partial charge is 0.298 e. The molecule has 1 aliphatic rings. The first-order valence-electron chi connectivity index (χ1n) is 7.02. The van der Waals surface area contributed by atoms with Crippen molar-refractivity contribution in [1.82, 2.24) is 0 Å². The number of rotatable bonds is 3. The predicted molar refractivity (Wildman–Crippen MR) is 82.8 cm³/mol. The van der Waals surface area contributed by atoms with Crippen molar-refractivity contribution in [2.75, 3.05) is 0 Å². The highest BCUT2D eigenvalue weighted by molar-refractivity contribution is 5.79. The molecule has 0 atom stereocenters. The maximum atomic E-state index is 11.0. The number of fused-ring (bicyclic) bond motifs is 3. The SMILES string of the molecule is C/C(C=O)=C(/C)CC1c2ccccc2-c2ccccc21. The molecule has 0 aliphatic heterocycles. The minimum atomic E-state index is 0.372. The summed E-state index contributed by atoms with van der Waals surface area (Å²) in [5.74, 6) is 0.372. The van der Waals surface area contributed by atoms with Gasteiger partial charge in [-0.05, 0) is 48.1 Å². The molecule has 2 aromatic carbocycles. The number of benzene rings is 2. The van der Waals surface area contributed by atoms with Gasteiger partial charge >= 0.3 is 0 Å². The van der Waals surface area contributed by atoms with Crippen LogP contribution in [0.15, 0.2) is 59.7 Å². The van der Waals surface area contributed by atoms with E-state index >= 15 is 0 Å². The van der Waals surface area contributed by atoms with Gasteiger partial charge in [0.05, 0.1) is 0 Å². The Morgan fingerprint density at radius 1 is 0.950 bits per heavy atom. The number of aldehydes is 1. The van der Waals surface area contributed by atoms with Gasteiger partial charge in [-0.15, -0.1) is 0 Å². The molecule has 100 valence electrons. The van der Waals surface area contributed by atoms with E-state index in [1.165, 1.54) is 27.8 Å². The highest BCUT2D eigenvalue weighted by Gasteiger charge is 2.27. The van der Waals surface area contributed by atoms with E-state index in [4.69, 9.17) is 0 Å². The van der Waals surface area contributed by atoms with Crippen LogP contribution < -0.4 is 0 Å². The number of carbonyl (C=O) groups excluding carboxylic acids is 1. The van der Waals surface area contributed by atoms with Gasteiger partial charge in [-0.1, -0.05) is 54.1 Å². The summed E-state index contributed by atoms with van der Waals surface area (Å²) in [6.45, 7) is 3.96. The fourth-order valence-electron chi connectivity index (χ4n) is 3.05. The molecule has 0 spiro atoms. The molecule has 0 saturated carbocycles. The molecule has 1 aliphatic carbocycles. The first-order chi connectivity index (χ1) is 9.72. The minimum absolute atomic E-state index is 0.372. The van der Waals surface area contributed by atoms with Gasteiger partial charge in [0.2, 0.25) is 0 Å². The van der Waals surface area contributed by atoms with Gasteiger partial charge in [0, 0.05) is 5.92 Å². The molecule has 0 saturated heterocycles. The summed E-state index contributed by atoms with van der Waals surface area (Å²) >= 11 is 0. The molecule has 2 aromatic rings. The summed E-state index contributed by atoms with van der Waals surface area (Å²) in [4.78, 5) is 11.0. The van der Waals surface area contributed by atoms with Crippen molar-refractivity contribution in [2.45, 2.75) is 26.2 Å². The van der Waals surface area contributed by atoms with Crippen LogP contribution in [0, 0.1) is 0 Å². The van der Waals surface area contributed by atoms with E-state index < -0.39 is 0 Å². The number of carbonyl (C=O) groups is 1. The third-order valence-corrected chi connectivity index (χ3v) is 4.32. The average molecular weight is 262 g/mol. The van der Waals surface area contributed by atoms with Crippen LogP contribution in [0.2, 0.25) is 0 Å². The van der Waals surface area contributed by atoms with Gasteiger partial charge in [-0.25, -0.2) is 0 Å². The van der Waals surface area contributed by atoms with Gasteiger partial charge in [-0.2, -0.15) is 0 Å². The zero-order valence-electron chi connectivity index (χ0n) is 11.9. The van der Waals surface area contributed by atoms with Gasteiger partial charge in [0.25, 0.3) is 0 Å². The van der Waals surface area contributed by atoms with Crippen molar-refractivity contribution in [2.24, 2.45) is 0 Å². The van der Waals surface area contributed by atoms with Gasteiger partial charge in [0.1, 0.15) is 6.29 Å². The molecule has 0 radical (unpaired) electrons. The second-order valence-corrected chi connectivity index (χ2v) is 5.51. The number of hydrogen-bond donors (Lipinski definition) is 0. The summed E-state index contributed by atoms with van der Waals surface area (Å²) in [5, 5.41) is 0. The maximum absolute atomic E-state index is 11.0. The molecule has 0 N–H and O–H groups in total. The summed E-state index contributed by atoms with van der Waals surface area (Å²) in [5.41, 5.74) is 7.47. The van der Waals surface area contributed by atoms with Crippen LogP contribution in [0.25, 0.3) is 11.1 Å². The Labute approximate surface area is 120 Å². The van der Waals surface area contributed by atoms with E-state index in [2.05, 4.69) is 55.5 Å². The molecule has 3 rings (SSSR count). The first-order valence-corrected chi connectivity index (χ1v) is 7.02. The van der Waals surface area contributed by atoms with Crippen LogP contribution in [-0.4, -0.2) is 6.29 Å². The van der Waals surface area contributed by atoms with Crippen LogP contribution in [0.1, 0.15) is 37.3 Å². The highest BCUT2D eigenvalue weighted by atomic mass is 16.1. The Hall–Kier alpha value is -2.15. The van der Waals surface area contributed by atoms with Gasteiger partial charge in [0.15, 0.2) is 0 Å². The molecule has 20 heavy (non-hydrogen) atoms. The third-order valence-electron chi connectivity index (χ3n) is 4.32. The zero-order chi connectivity index (χ0) is 14.1. The van der Waals surface area contributed by atoms with E-state index in [9.17, 15) is 4.79 Å². The van der Waals surface area contributed by atoms with Crippen molar-refractivity contribution in [1.29, 1.82) is 0 Å². The van der Waals surface area contributed by atoms with Crippen molar-refractivity contribution >= 4 is 6.29 Å². The van der Waals surface area contributed by atoms with Crippen molar-refractivity contribution in [3.05, 3.63) is 70.8 Å². The Kier molecular flexibility index (Phi) is 3.27. The molecule has 0 bridgehead atoms. The summed E-state index contributed by atoms with van der Waals surface area (Å²) in [7, 11) is 0. The summed E-state index contributed by atoms with van der Waals surface area (Å²) in [6.07, 6.45) is 1.88. The fraction of sp³-hybridized carbons (Fsp3) is 0.211. The second kappa shape index (κ2) is 5.09. The zero-order valence-corrected chi connectivity index (χ0v) is 11.9. The molecule has 0 aromatic heterocycles. The Bertz CT molecular complexity index is 649. The van der Waals surface area contributed by atoms with Crippen molar-refractivity contribution < 1.29 is 4.79 Å². The molecular weight excluding hydrogens is 244 g/mol. The van der Waals surface area contributed by atoms with Crippen LogP contribution in [0.3, 0.4) is 0 Å². The lowest BCUT2D eigenvalue weighted by Gasteiger charge is -2.14. The fourth-order valence-corrected chi connectivity index (χ4v) is 3.05. The number of allylic oxidation sites excluding steroid dienone is 2. The normalized spacial score (nSPS) is 14.5. The van der Waals surface area contributed by atoms with Crippen molar-refractivity contribution in [3.8, 4) is 11.1 Å². The quantitative estimate of drug-likeness (QED) is 0.577. The average Bonchev–Trinajstić information content (AvgIpc) is 2.81. The maximum Gasteiger partial charge on any atom is 0.145 e. The third kappa shape index (κ3) is 2.00. The highest BCUT2D eigenvalue weighted by Crippen LogP contribution is 2.47. The minimum Gasteiger partial charge on any atom is -0.298 e. The van der Waals surface area contributed by atoms with Gasteiger partial charge < -0.3 is 0 Å². The van der Waals surface area contributed by atoms with Crippen molar-refractivity contribution in [3.63, 3.8) is 0 Å². The predicted octanol–water partition coefficient (Wildman–Crippen LogP) is 4.72. The van der Waals surface area contributed by atoms with Crippen LogP contribution in [-0.2, 0) is 4.79 Å². The molecule has 0 heterocycles. The Morgan fingerprint density at radius 2 is 1.45 bits per heavy atom. The first kappa shape index (κ1) is 12.9. The van der Waals surface area contributed by atoms with E-state index in [0.717, 1.165) is 18.3 Å². The Balaban J connectivity index is 2.10. The Morgan fingerprint density at radius 3 is 1.95 bits per heavy atom. The van der Waals surface area contributed by atoms with Crippen LogP contribution in [0.4, 0.5) is 0 Å². The van der Waals surface area contributed by atoms with E-state index in [-0.39, 0.29) is 0 Å². The van der Waals surface area contributed by atoms with Crippen LogP contribution in [0.5, 0.6) is 0 Å². The topological polar surface area (TPSA) is 17.1 Å². The molecule has 0 unspecified atom stereocenters. The molecule has 0 amide bonds. The van der Waals surface area contributed by atoms with Gasteiger partial charge in [-0.3, -0.25) is 4.79 Å². The van der Waals surface area contributed by atoms with E-state index in [1.54, 1.807) is 0 Å². The van der Waals surface area contributed by atoms with Crippen LogP contribution >= 0.6 is 0 Å². The van der Waals surface area contributed by atoms with E-state index in [0.29, 0.717) is 5.92 Å². The summed E-state index contributed by atoms with van der Waals surface area (Å²) in [6, 6.07) is 17.2. The number of hydrogen-bond acceptors (Lipinski definition) is 1. The monoisotopic (exact) mass is 262 g/mol. The van der Waals surface area contributed by atoms with E-state index in [1.807, 2.05) is 6.92 Å². The second-order valence-electron chi connectivity index (χ2n) is 5.51.